The molecule has 1 spiro atoms. The number of hydrogen-bond donors (Lipinski definition) is 4. The van der Waals surface area contributed by atoms with Gasteiger partial charge in [-0.15, -0.1) is 0 Å². The summed E-state index contributed by atoms with van der Waals surface area (Å²) < 4.78 is 31.2. The molecule has 2 aromatic rings. The number of nitrogens with one attached hydrogen (secondary N) is 2. The van der Waals surface area contributed by atoms with Gasteiger partial charge in [-0.05, 0) is 57.7 Å². The first-order valence-electron chi connectivity index (χ1n) is 13.4. The van der Waals surface area contributed by atoms with Crippen molar-refractivity contribution in [1.29, 1.82) is 0 Å². The highest BCUT2D eigenvalue weighted by molar-refractivity contribution is 7.91. The lowest BCUT2D eigenvalue weighted by Crippen LogP contribution is -2.57. The second-order valence-corrected chi connectivity index (χ2v) is 12.9. The Bertz CT molecular complexity index is 1440. The normalized spacial score (nSPS) is 16.5. The number of amides is 2. The van der Waals surface area contributed by atoms with E-state index in [9.17, 15) is 18.0 Å². The van der Waals surface area contributed by atoms with Crippen LogP contribution in [0.5, 0.6) is 0 Å². The summed E-state index contributed by atoms with van der Waals surface area (Å²) in [5.41, 5.74) is 11.1. The van der Waals surface area contributed by atoms with Crippen molar-refractivity contribution in [1.82, 2.24) is 25.5 Å². The number of nitrogen functional groups attached to an aromatic ring is 2. The van der Waals surface area contributed by atoms with Gasteiger partial charge in [0.25, 0.3) is 11.8 Å². The van der Waals surface area contributed by atoms with Crippen molar-refractivity contribution in [3.63, 3.8) is 0 Å². The molecule has 1 saturated heterocycles. The van der Waals surface area contributed by atoms with Gasteiger partial charge in [-0.3, -0.25) is 19.9 Å². The van der Waals surface area contributed by atoms with Crippen LogP contribution in [-0.4, -0.2) is 84.7 Å². The molecule has 0 aliphatic carbocycles. The van der Waals surface area contributed by atoms with E-state index in [0.29, 0.717) is 57.5 Å². The first-order chi connectivity index (χ1) is 19.4. The molecule has 41 heavy (non-hydrogen) atoms. The number of unbranched alkanes of at least 4 members (excludes halogenated alkanes) is 1. The van der Waals surface area contributed by atoms with Crippen LogP contribution in [0.4, 0.5) is 11.6 Å². The molecule has 6 N–H and O–H groups in total. The van der Waals surface area contributed by atoms with Gasteiger partial charge in [0.05, 0.1) is 28.8 Å². The number of nitrogens with two attached hydrogens (primary N) is 2. The van der Waals surface area contributed by atoms with Crippen LogP contribution >= 0.6 is 11.6 Å². The van der Waals surface area contributed by atoms with Crippen LogP contribution in [0.25, 0.3) is 0 Å². The highest BCUT2D eigenvalue weighted by atomic mass is 35.5. The molecule has 0 radical (unpaired) electrons. The smallest absolute Gasteiger partial charge is 0.280 e. The zero-order valence-corrected chi connectivity index (χ0v) is 24.6. The van der Waals surface area contributed by atoms with E-state index in [0.717, 1.165) is 0 Å². The molecular formula is C26H35ClN8O5S. The number of ether oxygens (including phenoxy) is 1. The number of piperidine rings is 1. The topological polar surface area (TPSA) is 195 Å². The summed E-state index contributed by atoms with van der Waals surface area (Å²) in [5, 5.41) is 5.76. The summed E-state index contributed by atoms with van der Waals surface area (Å²) in [6, 6.07) is 6.20. The number of hydrogen-bond acceptors (Lipinski definition) is 11. The molecule has 2 aliphatic rings. The molecule has 3 heterocycles. The molecule has 15 heteroatoms. The van der Waals surface area contributed by atoms with E-state index in [1.54, 1.807) is 17.0 Å². The van der Waals surface area contributed by atoms with E-state index < -0.39 is 21.3 Å². The third-order valence-electron chi connectivity index (χ3n) is 6.98. The number of sulfone groups is 1. The first-order valence-corrected chi connectivity index (χ1v) is 15.4. The summed E-state index contributed by atoms with van der Waals surface area (Å²) in [4.78, 5) is 39.9. The molecule has 1 fully saturated rings. The fourth-order valence-corrected chi connectivity index (χ4v) is 6.20. The van der Waals surface area contributed by atoms with Crippen molar-refractivity contribution in [3.05, 3.63) is 40.7 Å². The van der Waals surface area contributed by atoms with Gasteiger partial charge in [0.2, 0.25) is 0 Å². The van der Waals surface area contributed by atoms with Gasteiger partial charge in [0.1, 0.15) is 0 Å². The maximum atomic E-state index is 13.3. The van der Waals surface area contributed by atoms with Gasteiger partial charge in [-0.25, -0.2) is 18.4 Å². The minimum atomic E-state index is -3.53. The van der Waals surface area contributed by atoms with Crippen molar-refractivity contribution in [2.24, 2.45) is 4.99 Å². The Kier molecular flexibility index (Phi) is 9.34. The molecule has 1 aromatic carbocycles. The number of aliphatic imine (C=N–C) groups is 1. The quantitative estimate of drug-likeness (QED) is 0.305. The summed E-state index contributed by atoms with van der Waals surface area (Å²) in [6.07, 6.45) is 2.39. The summed E-state index contributed by atoms with van der Waals surface area (Å²) >= 11 is 5.87. The van der Waals surface area contributed by atoms with Crippen molar-refractivity contribution in [2.75, 3.05) is 43.5 Å². The molecule has 222 valence electrons. The van der Waals surface area contributed by atoms with Crippen LogP contribution in [0.15, 0.2) is 34.2 Å². The molecule has 0 saturated carbocycles. The number of halogens is 1. The number of benzene rings is 1. The SMILES string of the molecule is CC(C)OCCCCS(=O)(=O)c1cccc(C(=O)N2CCC3(CC2)CN=C(NC(=O)c2nc(Cl)c(N)nc2N)N3)c1. The predicted octanol–water partition coefficient (Wildman–Crippen LogP) is 1.64. The van der Waals surface area contributed by atoms with Crippen molar-refractivity contribution in [2.45, 2.75) is 56.1 Å². The van der Waals surface area contributed by atoms with Crippen LogP contribution in [-0.2, 0) is 14.6 Å². The number of nitrogens with zero attached hydrogens (tertiary/aromatic N) is 4. The molecule has 1 aromatic heterocycles. The zero-order chi connectivity index (χ0) is 29.8. The average Bonchev–Trinajstić information content (AvgIpc) is 3.31. The van der Waals surface area contributed by atoms with Gasteiger partial charge in [0.15, 0.2) is 38.3 Å². The Hall–Kier alpha value is -3.49. The molecule has 4 rings (SSSR count). The minimum absolute atomic E-state index is 0.00654. The van der Waals surface area contributed by atoms with Crippen LogP contribution in [0.1, 0.15) is 60.4 Å². The molecule has 13 nitrogen and oxygen atoms in total. The highest BCUT2D eigenvalue weighted by Crippen LogP contribution is 2.27. The predicted molar refractivity (Wildman–Crippen MR) is 155 cm³/mol. The van der Waals surface area contributed by atoms with Gasteiger partial charge in [-0.2, -0.15) is 0 Å². The molecule has 2 aliphatic heterocycles. The minimum Gasteiger partial charge on any atom is -0.382 e. The monoisotopic (exact) mass is 606 g/mol. The van der Waals surface area contributed by atoms with E-state index in [1.165, 1.54) is 12.1 Å². The Labute approximate surface area is 244 Å². The van der Waals surface area contributed by atoms with E-state index in [4.69, 9.17) is 27.8 Å². The van der Waals surface area contributed by atoms with E-state index >= 15 is 0 Å². The summed E-state index contributed by atoms with van der Waals surface area (Å²) in [5.74, 6) is -0.840. The molecule has 0 bridgehead atoms. The molecule has 2 amide bonds. The number of anilines is 2. The van der Waals surface area contributed by atoms with Gasteiger partial charge in [-0.1, -0.05) is 17.7 Å². The van der Waals surface area contributed by atoms with Gasteiger partial charge < -0.3 is 26.4 Å². The van der Waals surface area contributed by atoms with Crippen LogP contribution in [0, 0.1) is 0 Å². The maximum Gasteiger partial charge on any atom is 0.280 e. The Balaban J connectivity index is 1.30. The highest BCUT2D eigenvalue weighted by Gasteiger charge is 2.40. The fourth-order valence-electron chi connectivity index (χ4n) is 4.66. The Morgan fingerprint density at radius 2 is 1.90 bits per heavy atom. The third kappa shape index (κ3) is 7.43. The summed E-state index contributed by atoms with van der Waals surface area (Å²) in [6.45, 7) is 5.65. The average molecular weight is 607 g/mol. The van der Waals surface area contributed by atoms with E-state index in [2.05, 4.69) is 25.6 Å². The largest absolute Gasteiger partial charge is 0.382 e. The summed E-state index contributed by atoms with van der Waals surface area (Å²) in [7, 11) is -3.53. The first kappa shape index (κ1) is 30.5. The van der Waals surface area contributed by atoms with Crippen LogP contribution in [0.2, 0.25) is 5.15 Å². The molecule has 0 atom stereocenters. The van der Waals surface area contributed by atoms with Crippen LogP contribution < -0.4 is 22.1 Å². The van der Waals surface area contributed by atoms with Gasteiger partial charge >= 0.3 is 0 Å². The third-order valence-corrected chi connectivity index (χ3v) is 9.06. The lowest BCUT2D eigenvalue weighted by Gasteiger charge is -2.39. The van der Waals surface area contributed by atoms with E-state index in [1.807, 2.05) is 13.8 Å². The second-order valence-electron chi connectivity index (χ2n) is 10.4. The lowest BCUT2D eigenvalue weighted by atomic mass is 9.88. The standard InChI is InChI=1S/C26H35ClN8O5S/c1-16(2)40-12-3-4-13-41(38,39)18-7-5-6-17(14-18)24(37)35-10-8-26(9-11-35)15-30-25(34-26)33-23(36)19-21(28)32-22(29)20(27)31-19/h5-7,14,16H,3-4,8-13,15H2,1-2H3,(H4,28,29,32)(H2,30,33,34,36). The number of carbonyl (C=O) groups excluding carboxylic acids is 2. The van der Waals surface area contributed by atoms with Crippen molar-refractivity contribution < 1.29 is 22.7 Å². The number of carbonyl (C=O) groups is 2. The molecule has 0 unspecified atom stereocenters. The fraction of sp³-hybridized carbons (Fsp3) is 0.500. The lowest BCUT2D eigenvalue weighted by molar-refractivity contribution is 0.0668. The van der Waals surface area contributed by atoms with E-state index in [-0.39, 0.29) is 51.1 Å². The molecular weight excluding hydrogens is 572 g/mol. The number of aromatic nitrogens is 2. The zero-order valence-electron chi connectivity index (χ0n) is 23.0. The number of rotatable bonds is 9. The maximum absolute atomic E-state index is 13.3. The Morgan fingerprint density at radius 1 is 1.17 bits per heavy atom. The Morgan fingerprint density at radius 3 is 2.61 bits per heavy atom. The number of likely N-dealkylation sites (tertiary alicyclic amines) is 1. The second kappa shape index (κ2) is 12.6. The van der Waals surface area contributed by atoms with Crippen molar-refractivity contribution >= 4 is 50.8 Å². The van der Waals surface area contributed by atoms with Crippen LogP contribution in [0.3, 0.4) is 0 Å². The van der Waals surface area contributed by atoms with Crippen molar-refractivity contribution in [3.8, 4) is 0 Å². The van der Waals surface area contributed by atoms with Gasteiger partial charge in [0, 0.05) is 25.3 Å². The number of guanidine groups is 1.